The van der Waals surface area contributed by atoms with Crippen LogP contribution in [0.1, 0.15) is 32.1 Å². The number of hydrogen-bond donors (Lipinski definition) is 0. The summed E-state index contributed by atoms with van der Waals surface area (Å²) in [7, 11) is -0.554. The van der Waals surface area contributed by atoms with Crippen LogP contribution in [0.2, 0.25) is 0 Å². The molecule has 0 spiro atoms. The van der Waals surface area contributed by atoms with Crippen LogP contribution in [0.5, 0.6) is 0 Å². The molecule has 25 heavy (non-hydrogen) atoms. The molecule has 0 bridgehead atoms. The molecule has 0 fully saturated rings. The van der Waals surface area contributed by atoms with E-state index in [-0.39, 0.29) is 0 Å². The predicted molar refractivity (Wildman–Crippen MR) is 107 cm³/mol. The molecule has 1 unspecified atom stereocenters. The zero-order valence-corrected chi connectivity index (χ0v) is 15.3. The number of allylic oxidation sites excluding steroid dienone is 4. The van der Waals surface area contributed by atoms with Crippen molar-refractivity contribution in [2.75, 3.05) is 0 Å². The van der Waals surface area contributed by atoms with Crippen LogP contribution in [0.4, 0.5) is 0 Å². The minimum Gasteiger partial charge on any atom is -0.289 e. The number of hydrogen-bond acceptors (Lipinski definition) is 1. The quantitative estimate of drug-likeness (QED) is 0.705. The monoisotopic (exact) mass is 346 g/mol. The van der Waals surface area contributed by atoms with Gasteiger partial charge in [0.15, 0.2) is 5.78 Å². The Labute approximate surface area is 151 Å². The molecule has 1 nitrogen and oxygen atoms in total. The first-order valence-electron chi connectivity index (χ1n) is 9.18. The molecule has 2 heteroatoms. The van der Waals surface area contributed by atoms with Crippen LogP contribution in [0, 0.1) is 0 Å². The molecule has 0 amide bonds. The lowest BCUT2D eigenvalue weighted by atomic mass is 10.0. The second-order valence-electron chi connectivity index (χ2n) is 6.74. The minimum absolute atomic E-state index is 0.319. The second-order valence-corrected chi connectivity index (χ2v) is 9.14. The Morgan fingerprint density at radius 1 is 0.840 bits per heavy atom. The zero-order chi connectivity index (χ0) is 17.1. The average molecular weight is 346 g/mol. The molecule has 0 saturated carbocycles. The maximum atomic E-state index is 13.1. The van der Waals surface area contributed by atoms with Gasteiger partial charge in [-0.1, -0.05) is 72.8 Å². The fraction of sp³-hybridized carbons (Fsp3) is 0.261. The summed E-state index contributed by atoms with van der Waals surface area (Å²) in [4.78, 5) is 13.1. The van der Waals surface area contributed by atoms with Crippen molar-refractivity contribution in [1.29, 1.82) is 0 Å². The van der Waals surface area contributed by atoms with Gasteiger partial charge in [0.25, 0.3) is 0 Å². The summed E-state index contributed by atoms with van der Waals surface area (Å²) in [6.45, 7) is 0. The highest BCUT2D eigenvalue weighted by molar-refractivity contribution is 7.73. The predicted octanol–water partition coefficient (Wildman–Crippen LogP) is 4.89. The largest absolute Gasteiger partial charge is 0.289 e. The number of carbonyl (C=O) groups is 1. The van der Waals surface area contributed by atoms with E-state index < -0.39 is 7.92 Å². The van der Waals surface area contributed by atoms with Gasteiger partial charge in [0.1, 0.15) is 0 Å². The van der Waals surface area contributed by atoms with Crippen LogP contribution in [-0.2, 0) is 4.79 Å². The molecule has 2 aromatic carbocycles. The Morgan fingerprint density at radius 2 is 1.48 bits per heavy atom. The van der Waals surface area contributed by atoms with E-state index in [1.165, 1.54) is 10.6 Å². The normalized spacial score (nSPS) is 19.8. The first-order chi connectivity index (χ1) is 12.3. The van der Waals surface area contributed by atoms with E-state index >= 15 is 0 Å². The molecule has 2 aliphatic rings. The highest BCUT2D eigenvalue weighted by atomic mass is 31.1. The standard InChI is InChI=1S/C23H23OP/c24-23(18-10-7-8-11-18)21-16-9-17-22(21)25(19-12-3-1-4-13-19)20-14-5-2-6-15-20/h1-6,10,12-16,22H,7-9,11,17H2. The van der Waals surface area contributed by atoms with Gasteiger partial charge < -0.3 is 0 Å². The fourth-order valence-corrected chi connectivity index (χ4v) is 6.86. The molecule has 0 N–H and O–H groups in total. The van der Waals surface area contributed by atoms with Crippen LogP contribution >= 0.6 is 7.92 Å². The van der Waals surface area contributed by atoms with Gasteiger partial charge in [-0.25, -0.2) is 0 Å². The summed E-state index contributed by atoms with van der Waals surface area (Å²) >= 11 is 0. The van der Waals surface area contributed by atoms with Crippen LogP contribution < -0.4 is 10.6 Å². The molecular formula is C23H23OP. The molecule has 2 aromatic rings. The van der Waals surface area contributed by atoms with Crippen LogP contribution in [0.3, 0.4) is 0 Å². The van der Waals surface area contributed by atoms with Gasteiger partial charge in [-0.15, -0.1) is 0 Å². The van der Waals surface area contributed by atoms with Crippen molar-refractivity contribution in [3.05, 3.63) is 84.0 Å². The van der Waals surface area contributed by atoms with Crippen molar-refractivity contribution >= 4 is 24.3 Å². The van der Waals surface area contributed by atoms with Gasteiger partial charge in [-0.05, 0) is 56.2 Å². The van der Waals surface area contributed by atoms with E-state index in [1.807, 2.05) is 0 Å². The van der Waals surface area contributed by atoms with E-state index in [0.29, 0.717) is 11.4 Å². The lowest BCUT2D eigenvalue weighted by molar-refractivity contribution is -0.112. The molecule has 1 atom stereocenters. The lowest BCUT2D eigenvalue weighted by Gasteiger charge is -2.27. The smallest absolute Gasteiger partial charge is 0.185 e. The molecule has 4 rings (SSSR count). The highest BCUT2D eigenvalue weighted by Crippen LogP contribution is 2.48. The Morgan fingerprint density at radius 3 is 2.04 bits per heavy atom. The van der Waals surface area contributed by atoms with Crippen molar-refractivity contribution < 1.29 is 4.79 Å². The summed E-state index contributed by atoms with van der Waals surface area (Å²) in [6.07, 6.45) is 9.63. The fourth-order valence-electron chi connectivity index (χ4n) is 3.95. The molecule has 0 aliphatic heterocycles. The molecular weight excluding hydrogens is 323 g/mol. The molecule has 2 aliphatic carbocycles. The van der Waals surface area contributed by atoms with Gasteiger partial charge in [0.05, 0.1) is 0 Å². The Balaban J connectivity index is 1.72. The van der Waals surface area contributed by atoms with E-state index in [1.54, 1.807) is 0 Å². The maximum absolute atomic E-state index is 13.1. The molecule has 0 aromatic heterocycles. The van der Waals surface area contributed by atoms with Gasteiger partial charge in [-0.2, -0.15) is 0 Å². The summed E-state index contributed by atoms with van der Waals surface area (Å²) in [6, 6.07) is 21.5. The van der Waals surface area contributed by atoms with Crippen LogP contribution in [-0.4, -0.2) is 11.4 Å². The van der Waals surface area contributed by atoms with Crippen LogP contribution in [0.15, 0.2) is 84.0 Å². The van der Waals surface area contributed by atoms with Gasteiger partial charge in [-0.3, -0.25) is 4.79 Å². The first-order valence-corrected chi connectivity index (χ1v) is 10.6. The summed E-state index contributed by atoms with van der Waals surface area (Å²) < 4.78 is 0. The van der Waals surface area contributed by atoms with E-state index in [4.69, 9.17) is 0 Å². The topological polar surface area (TPSA) is 17.1 Å². The number of Topliss-reactive ketones (excluding diaryl/α,β-unsaturated/α-hetero) is 1. The van der Waals surface area contributed by atoms with Crippen molar-refractivity contribution in [2.45, 2.75) is 37.8 Å². The Kier molecular flexibility index (Phi) is 4.95. The number of ketones is 1. The molecule has 126 valence electrons. The highest BCUT2D eigenvalue weighted by Gasteiger charge is 2.34. The first kappa shape index (κ1) is 16.5. The average Bonchev–Trinajstić information content (AvgIpc) is 3.36. The van der Waals surface area contributed by atoms with Crippen molar-refractivity contribution in [2.24, 2.45) is 0 Å². The SMILES string of the molecule is O=C(C1=CCCC1)C1=CCCC1P(c1ccccc1)c1ccccc1. The van der Waals surface area contributed by atoms with Crippen molar-refractivity contribution in [3.63, 3.8) is 0 Å². The van der Waals surface area contributed by atoms with Crippen molar-refractivity contribution in [3.8, 4) is 0 Å². The zero-order valence-electron chi connectivity index (χ0n) is 14.4. The van der Waals surface area contributed by atoms with Gasteiger partial charge in [0.2, 0.25) is 0 Å². The number of carbonyl (C=O) groups excluding carboxylic acids is 1. The van der Waals surface area contributed by atoms with Gasteiger partial charge >= 0.3 is 0 Å². The Bertz CT molecular complexity index is 765. The number of rotatable bonds is 5. The second kappa shape index (κ2) is 7.50. The summed E-state index contributed by atoms with van der Waals surface area (Å²) in [5, 5.41) is 2.74. The summed E-state index contributed by atoms with van der Waals surface area (Å²) in [5.74, 6) is 0.319. The lowest BCUT2D eigenvalue weighted by Crippen LogP contribution is -2.24. The third-order valence-corrected chi connectivity index (χ3v) is 8.01. The van der Waals surface area contributed by atoms with E-state index in [0.717, 1.165) is 43.3 Å². The minimum atomic E-state index is -0.554. The molecule has 0 heterocycles. The van der Waals surface area contributed by atoms with Crippen molar-refractivity contribution in [1.82, 2.24) is 0 Å². The van der Waals surface area contributed by atoms with Gasteiger partial charge in [0, 0.05) is 11.2 Å². The Hall–Kier alpha value is -1.98. The number of benzene rings is 2. The molecule has 0 radical (unpaired) electrons. The van der Waals surface area contributed by atoms with E-state index in [2.05, 4.69) is 72.8 Å². The summed E-state index contributed by atoms with van der Waals surface area (Å²) in [5.41, 5.74) is 2.47. The molecule has 0 saturated heterocycles. The third-order valence-electron chi connectivity index (χ3n) is 5.14. The third kappa shape index (κ3) is 3.39. The van der Waals surface area contributed by atoms with Crippen LogP contribution in [0.25, 0.3) is 0 Å². The van der Waals surface area contributed by atoms with E-state index in [9.17, 15) is 4.79 Å². The maximum Gasteiger partial charge on any atom is 0.185 e.